The van der Waals surface area contributed by atoms with Crippen LogP contribution in [-0.4, -0.2) is 22.2 Å². The second kappa shape index (κ2) is 2.35. The van der Waals surface area contributed by atoms with Gasteiger partial charge in [-0.15, -0.1) is 0 Å². The second-order valence-electron chi connectivity index (χ2n) is 7.08. The van der Waals surface area contributed by atoms with Crippen LogP contribution in [0.4, 0.5) is 0 Å². The lowest BCUT2D eigenvalue weighted by atomic mass is 9.50. The predicted octanol–water partition coefficient (Wildman–Crippen LogP) is 1.45. The summed E-state index contributed by atoms with van der Waals surface area (Å²) in [7, 11) is 0. The first kappa shape index (κ1) is 9.82. The molecule has 0 aromatic heterocycles. The largest absolute Gasteiger partial charge is 0.481 e. The Labute approximate surface area is 104 Å². The molecule has 0 radical (unpaired) electrons. The summed E-state index contributed by atoms with van der Waals surface area (Å²) >= 11 is 0. The molecule has 6 aliphatic rings. The maximum absolute atomic E-state index is 12.0. The van der Waals surface area contributed by atoms with Crippen molar-refractivity contribution in [3.05, 3.63) is 0 Å². The van der Waals surface area contributed by atoms with Crippen LogP contribution in [0.25, 0.3) is 0 Å². The zero-order valence-corrected chi connectivity index (χ0v) is 10.0. The minimum absolute atomic E-state index is 0.169. The van der Waals surface area contributed by atoms with Gasteiger partial charge in [0.15, 0.2) is 0 Å². The van der Waals surface area contributed by atoms with Crippen molar-refractivity contribution in [2.24, 2.45) is 46.3 Å². The summed E-state index contributed by atoms with van der Waals surface area (Å²) < 4.78 is 0. The lowest BCUT2D eigenvalue weighted by Crippen LogP contribution is -2.59. The standard InChI is InChI=1S/C14H16O4/c15-11(16)13-5-1-2-6-9(5)10-7(13)3-4-8(10)14(6,13)12(17)18/h5-10H,1-4H2,(H,15,16)(H,17,18). The van der Waals surface area contributed by atoms with Crippen LogP contribution >= 0.6 is 0 Å². The van der Waals surface area contributed by atoms with Crippen LogP contribution in [0.5, 0.6) is 0 Å². The first-order valence-corrected chi connectivity index (χ1v) is 7.06. The number of aliphatic carboxylic acids is 2. The molecular formula is C14H16O4. The van der Waals surface area contributed by atoms with Crippen molar-refractivity contribution in [1.29, 1.82) is 0 Å². The average Bonchev–Trinajstić information content (AvgIpc) is 3.07. The molecule has 0 amide bonds. The van der Waals surface area contributed by atoms with Gasteiger partial charge in [-0.25, -0.2) is 0 Å². The number of carboxylic acid groups (broad SMARTS) is 2. The Hall–Kier alpha value is -1.06. The molecule has 6 saturated carbocycles. The lowest BCUT2D eigenvalue weighted by molar-refractivity contribution is -0.189. The van der Waals surface area contributed by atoms with Gasteiger partial charge in [0.25, 0.3) is 0 Å². The molecule has 8 bridgehead atoms. The normalized spacial score (nSPS) is 65.1. The molecule has 0 saturated heterocycles. The summed E-state index contributed by atoms with van der Waals surface area (Å²) in [5.41, 5.74) is -1.78. The Morgan fingerprint density at radius 1 is 0.722 bits per heavy atom. The lowest BCUT2D eigenvalue weighted by Gasteiger charge is -2.50. The fraction of sp³-hybridized carbons (Fsp3) is 0.857. The highest BCUT2D eigenvalue weighted by atomic mass is 16.4. The molecule has 4 nitrogen and oxygen atoms in total. The molecule has 4 atom stereocenters. The Bertz CT molecular complexity index is 440. The highest BCUT2D eigenvalue weighted by molar-refractivity contribution is 5.92. The van der Waals surface area contributed by atoms with Crippen LogP contribution in [0, 0.1) is 46.3 Å². The van der Waals surface area contributed by atoms with Crippen LogP contribution in [0.1, 0.15) is 25.7 Å². The molecule has 0 aromatic rings. The van der Waals surface area contributed by atoms with Gasteiger partial charge in [0.1, 0.15) is 0 Å². The van der Waals surface area contributed by atoms with E-state index < -0.39 is 22.8 Å². The zero-order chi connectivity index (χ0) is 12.4. The fourth-order valence-corrected chi connectivity index (χ4v) is 8.01. The van der Waals surface area contributed by atoms with Crippen LogP contribution in [0.15, 0.2) is 0 Å². The van der Waals surface area contributed by atoms with E-state index in [2.05, 4.69) is 0 Å². The summed E-state index contributed by atoms with van der Waals surface area (Å²) in [6.07, 6.45) is 3.82. The zero-order valence-electron chi connectivity index (χ0n) is 10.0. The highest BCUT2D eigenvalue weighted by Gasteiger charge is 2.95. The van der Waals surface area contributed by atoms with E-state index in [9.17, 15) is 19.8 Å². The van der Waals surface area contributed by atoms with Crippen molar-refractivity contribution in [2.75, 3.05) is 0 Å². The number of carbonyl (C=O) groups is 2. The smallest absolute Gasteiger partial charge is 0.311 e. The van der Waals surface area contributed by atoms with E-state index in [-0.39, 0.29) is 23.7 Å². The van der Waals surface area contributed by atoms with Gasteiger partial charge < -0.3 is 10.2 Å². The Morgan fingerprint density at radius 2 is 1.00 bits per heavy atom. The fourth-order valence-electron chi connectivity index (χ4n) is 8.01. The van der Waals surface area contributed by atoms with Gasteiger partial charge in [-0.2, -0.15) is 0 Å². The summed E-state index contributed by atoms with van der Waals surface area (Å²) in [5, 5.41) is 19.8. The van der Waals surface area contributed by atoms with Gasteiger partial charge in [-0.05, 0) is 61.2 Å². The van der Waals surface area contributed by atoms with Crippen LogP contribution in [0.3, 0.4) is 0 Å². The molecule has 0 aromatic carbocycles. The topological polar surface area (TPSA) is 74.6 Å². The Kier molecular flexibility index (Phi) is 1.28. The monoisotopic (exact) mass is 248 g/mol. The van der Waals surface area contributed by atoms with Gasteiger partial charge in [0.2, 0.25) is 0 Å². The van der Waals surface area contributed by atoms with Crippen molar-refractivity contribution >= 4 is 11.9 Å². The molecule has 4 unspecified atom stereocenters. The Morgan fingerprint density at radius 3 is 1.22 bits per heavy atom. The maximum atomic E-state index is 12.0. The minimum Gasteiger partial charge on any atom is -0.481 e. The SMILES string of the molecule is O=C(O)C12C3CCC4C3C3C1CCC3C42C(=O)O. The van der Waals surface area contributed by atoms with Gasteiger partial charge in [-0.3, -0.25) is 9.59 Å². The van der Waals surface area contributed by atoms with Gasteiger partial charge >= 0.3 is 11.9 Å². The summed E-state index contributed by atoms with van der Waals surface area (Å²) in [6, 6.07) is 0. The van der Waals surface area contributed by atoms with Gasteiger partial charge in [0, 0.05) is 0 Å². The molecule has 0 spiro atoms. The van der Waals surface area contributed by atoms with E-state index in [0.717, 1.165) is 25.7 Å². The quantitative estimate of drug-likeness (QED) is 0.775. The van der Waals surface area contributed by atoms with Crippen molar-refractivity contribution in [3.63, 3.8) is 0 Å². The van der Waals surface area contributed by atoms with Gasteiger partial charge in [0.05, 0.1) is 10.8 Å². The number of hydrogen-bond acceptors (Lipinski definition) is 2. The second-order valence-corrected chi connectivity index (χ2v) is 7.08. The molecule has 0 heterocycles. The molecule has 96 valence electrons. The van der Waals surface area contributed by atoms with Crippen molar-refractivity contribution in [2.45, 2.75) is 25.7 Å². The van der Waals surface area contributed by atoms with Crippen LogP contribution in [-0.2, 0) is 9.59 Å². The molecule has 0 aliphatic heterocycles. The number of carboxylic acids is 2. The molecular weight excluding hydrogens is 232 g/mol. The molecule has 6 fully saturated rings. The summed E-state index contributed by atoms with van der Waals surface area (Å²) in [4.78, 5) is 24.1. The Balaban J connectivity index is 1.88. The third kappa shape index (κ3) is 0.531. The van der Waals surface area contributed by atoms with Crippen molar-refractivity contribution < 1.29 is 19.8 Å². The maximum Gasteiger partial charge on any atom is 0.311 e. The van der Waals surface area contributed by atoms with E-state index in [4.69, 9.17) is 0 Å². The highest BCUT2D eigenvalue weighted by Crippen LogP contribution is 2.92. The van der Waals surface area contributed by atoms with Crippen LogP contribution < -0.4 is 0 Å². The first-order chi connectivity index (χ1) is 8.59. The van der Waals surface area contributed by atoms with Crippen molar-refractivity contribution in [1.82, 2.24) is 0 Å². The minimum atomic E-state index is -0.889. The van der Waals surface area contributed by atoms with E-state index in [0.29, 0.717) is 11.8 Å². The number of rotatable bonds is 2. The van der Waals surface area contributed by atoms with Crippen LogP contribution in [0.2, 0.25) is 0 Å². The predicted molar refractivity (Wildman–Crippen MR) is 59.5 cm³/mol. The summed E-state index contributed by atoms with van der Waals surface area (Å²) in [6.45, 7) is 0. The third-order valence-corrected chi connectivity index (χ3v) is 7.61. The molecule has 4 heteroatoms. The van der Waals surface area contributed by atoms with Crippen molar-refractivity contribution in [3.8, 4) is 0 Å². The average molecular weight is 248 g/mol. The number of hydrogen-bond donors (Lipinski definition) is 2. The molecule has 6 rings (SSSR count). The molecule has 6 aliphatic carbocycles. The van der Waals surface area contributed by atoms with E-state index in [1.165, 1.54) is 0 Å². The van der Waals surface area contributed by atoms with Gasteiger partial charge in [-0.1, -0.05) is 0 Å². The van der Waals surface area contributed by atoms with E-state index in [1.54, 1.807) is 0 Å². The molecule has 2 N–H and O–H groups in total. The van der Waals surface area contributed by atoms with E-state index >= 15 is 0 Å². The van der Waals surface area contributed by atoms with E-state index in [1.807, 2.05) is 0 Å². The third-order valence-electron chi connectivity index (χ3n) is 7.61. The first-order valence-electron chi connectivity index (χ1n) is 7.06. The molecule has 18 heavy (non-hydrogen) atoms. The summed E-state index contributed by atoms with van der Waals surface area (Å²) in [5.74, 6) is -0.0615.